The summed E-state index contributed by atoms with van der Waals surface area (Å²) in [6.07, 6.45) is 0. The van der Waals surface area contributed by atoms with Crippen molar-refractivity contribution < 1.29 is 9.09 Å². The number of likely N-dealkylation sites (N-methyl/N-ethyl adjacent to an activating group) is 2. The molecule has 1 atom stereocenters. The molecule has 0 bridgehead atoms. The Balaban J connectivity index is 2.54. The zero-order valence-electron chi connectivity index (χ0n) is 9.90. The highest BCUT2D eigenvalue weighted by molar-refractivity contribution is 7.54. The molecule has 1 aliphatic heterocycles. The Bertz CT molecular complexity index is 237. The van der Waals surface area contributed by atoms with Crippen LogP contribution in [-0.2, 0) is 9.09 Å². The highest BCUT2D eigenvalue weighted by Crippen LogP contribution is 2.56. The smallest absolute Gasteiger partial charge is 0.316 e. The molecule has 1 heterocycles. The lowest BCUT2D eigenvalue weighted by molar-refractivity contribution is 0.298. The minimum absolute atomic E-state index is 0.781. The van der Waals surface area contributed by atoms with Crippen LogP contribution in [0, 0.1) is 0 Å². The Kier molecular flexibility index (Phi) is 5.23. The van der Waals surface area contributed by atoms with Crippen LogP contribution in [0.3, 0.4) is 0 Å². The summed E-state index contributed by atoms with van der Waals surface area (Å²) in [4.78, 5) is 0. The van der Waals surface area contributed by atoms with Gasteiger partial charge < -0.3 is 9.84 Å². The molecule has 1 aliphatic rings. The first-order chi connectivity index (χ1) is 7.19. The van der Waals surface area contributed by atoms with Crippen LogP contribution in [-0.4, -0.2) is 55.7 Å². The summed E-state index contributed by atoms with van der Waals surface area (Å²) in [6.45, 7) is 9.14. The second-order valence-corrected chi connectivity index (χ2v) is 6.00. The summed E-state index contributed by atoms with van der Waals surface area (Å²) in [5.41, 5.74) is 0. The van der Waals surface area contributed by atoms with Crippen LogP contribution in [0.5, 0.6) is 0 Å². The van der Waals surface area contributed by atoms with Crippen LogP contribution in [0.15, 0.2) is 0 Å². The maximum atomic E-state index is 12.5. The molecule has 1 N–H and O–H groups in total. The van der Waals surface area contributed by atoms with Gasteiger partial charge in [-0.1, -0.05) is 13.8 Å². The van der Waals surface area contributed by atoms with E-state index in [0.29, 0.717) is 0 Å². The van der Waals surface area contributed by atoms with Gasteiger partial charge in [-0.2, -0.15) is 0 Å². The van der Waals surface area contributed by atoms with E-state index in [4.69, 9.17) is 4.52 Å². The van der Waals surface area contributed by atoms with E-state index in [1.807, 2.05) is 16.3 Å². The van der Waals surface area contributed by atoms with Crippen LogP contribution < -0.4 is 5.32 Å². The van der Waals surface area contributed by atoms with Gasteiger partial charge in [-0.3, -0.25) is 4.57 Å². The Morgan fingerprint density at radius 2 is 2.00 bits per heavy atom. The molecule has 0 aromatic carbocycles. The van der Waals surface area contributed by atoms with Crippen molar-refractivity contribution in [3.63, 3.8) is 0 Å². The molecule has 0 aromatic heterocycles. The Morgan fingerprint density at radius 3 is 2.53 bits per heavy atom. The first-order valence-corrected chi connectivity index (χ1v) is 7.09. The van der Waals surface area contributed by atoms with Gasteiger partial charge in [0.1, 0.15) is 0 Å². The minimum atomic E-state index is -2.68. The molecule has 5 nitrogen and oxygen atoms in total. The highest BCUT2D eigenvalue weighted by Gasteiger charge is 2.42. The highest BCUT2D eigenvalue weighted by atomic mass is 31.2. The molecule has 0 spiro atoms. The van der Waals surface area contributed by atoms with Crippen LogP contribution in [0.25, 0.3) is 0 Å². The minimum Gasteiger partial charge on any atom is -0.316 e. The van der Waals surface area contributed by atoms with Crippen molar-refractivity contribution in [1.82, 2.24) is 14.7 Å². The SMILES string of the molecule is CCNCCN1CCN(CC)P1(=O)OC. The summed E-state index contributed by atoms with van der Waals surface area (Å²) in [6, 6.07) is 0. The van der Waals surface area contributed by atoms with E-state index in [1.54, 1.807) is 0 Å². The normalized spacial score (nSPS) is 28.7. The van der Waals surface area contributed by atoms with Crippen LogP contribution in [0.1, 0.15) is 13.8 Å². The summed E-state index contributed by atoms with van der Waals surface area (Å²) in [7, 11) is -1.15. The Morgan fingerprint density at radius 1 is 1.33 bits per heavy atom. The molecule has 0 saturated carbocycles. The van der Waals surface area contributed by atoms with Gasteiger partial charge in [0, 0.05) is 39.8 Å². The summed E-state index contributed by atoms with van der Waals surface area (Å²) in [5, 5.41) is 3.23. The molecule has 1 unspecified atom stereocenters. The van der Waals surface area contributed by atoms with E-state index in [1.165, 1.54) is 7.11 Å². The van der Waals surface area contributed by atoms with E-state index >= 15 is 0 Å². The van der Waals surface area contributed by atoms with Gasteiger partial charge in [-0.05, 0) is 6.54 Å². The zero-order chi connectivity index (χ0) is 11.3. The number of hydrogen-bond donors (Lipinski definition) is 1. The van der Waals surface area contributed by atoms with Crippen molar-refractivity contribution in [1.29, 1.82) is 0 Å². The molecule has 6 heteroatoms. The van der Waals surface area contributed by atoms with Crippen LogP contribution in [0.2, 0.25) is 0 Å². The van der Waals surface area contributed by atoms with Gasteiger partial charge in [0.05, 0.1) is 0 Å². The number of hydrogen-bond acceptors (Lipinski definition) is 3. The fraction of sp³-hybridized carbons (Fsp3) is 1.00. The lowest BCUT2D eigenvalue weighted by Gasteiger charge is -2.27. The first-order valence-electron chi connectivity index (χ1n) is 5.56. The fourth-order valence-corrected chi connectivity index (χ4v) is 4.07. The number of rotatable bonds is 6. The van der Waals surface area contributed by atoms with Gasteiger partial charge in [0.2, 0.25) is 0 Å². The lowest BCUT2D eigenvalue weighted by atomic mass is 10.5. The predicted octanol–water partition coefficient (Wildman–Crippen LogP) is 0.988. The molecule has 15 heavy (non-hydrogen) atoms. The van der Waals surface area contributed by atoms with Gasteiger partial charge in [0.25, 0.3) is 0 Å². The van der Waals surface area contributed by atoms with Crippen molar-refractivity contribution in [2.45, 2.75) is 13.8 Å². The van der Waals surface area contributed by atoms with E-state index in [0.717, 1.165) is 39.3 Å². The third-order valence-electron chi connectivity index (χ3n) is 2.73. The Labute approximate surface area is 92.3 Å². The zero-order valence-corrected chi connectivity index (χ0v) is 10.8. The summed E-state index contributed by atoms with van der Waals surface area (Å²) in [5.74, 6) is 0. The second-order valence-electron chi connectivity index (χ2n) is 3.53. The second kappa shape index (κ2) is 5.97. The van der Waals surface area contributed by atoms with Crippen molar-refractivity contribution in [2.75, 3.05) is 46.4 Å². The average Bonchev–Trinajstić information content (AvgIpc) is 2.57. The number of nitrogens with zero attached hydrogens (tertiary/aromatic N) is 2. The summed E-state index contributed by atoms with van der Waals surface area (Å²) >= 11 is 0. The third-order valence-corrected chi connectivity index (χ3v) is 5.52. The van der Waals surface area contributed by atoms with Crippen LogP contribution in [0.4, 0.5) is 0 Å². The quantitative estimate of drug-likeness (QED) is 0.549. The standard InChI is InChI=1S/C9H22N3O2P/c1-4-10-6-7-12-9-8-11(5-2)15(12,13)14-3/h10H,4-9H2,1-3H3. The first kappa shape index (κ1) is 13.1. The molecule has 0 radical (unpaired) electrons. The van der Waals surface area contributed by atoms with Gasteiger partial charge in [0.15, 0.2) is 0 Å². The molecule has 0 amide bonds. The van der Waals surface area contributed by atoms with Crippen molar-refractivity contribution in [3.8, 4) is 0 Å². The van der Waals surface area contributed by atoms with E-state index in [-0.39, 0.29) is 0 Å². The molecule has 0 aromatic rings. The van der Waals surface area contributed by atoms with Gasteiger partial charge >= 0.3 is 7.67 Å². The molecular formula is C9H22N3O2P. The predicted molar refractivity (Wildman–Crippen MR) is 62.0 cm³/mol. The van der Waals surface area contributed by atoms with E-state index in [2.05, 4.69) is 12.2 Å². The van der Waals surface area contributed by atoms with Gasteiger partial charge in [-0.15, -0.1) is 0 Å². The van der Waals surface area contributed by atoms with Crippen molar-refractivity contribution in [3.05, 3.63) is 0 Å². The maximum absolute atomic E-state index is 12.5. The average molecular weight is 235 g/mol. The third kappa shape index (κ3) is 2.80. The maximum Gasteiger partial charge on any atom is 0.345 e. The Hall–Kier alpha value is 0.0700. The topological polar surface area (TPSA) is 44.8 Å². The van der Waals surface area contributed by atoms with E-state index < -0.39 is 7.67 Å². The van der Waals surface area contributed by atoms with Gasteiger partial charge in [-0.25, -0.2) is 9.34 Å². The molecule has 1 saturated heterocycles. The van der Waals surface area contributed by atoms with Crippen molar-refractivity contribution >= 4 is 7.67 Å². The molecule has 0 aliphatic carbocycles. The van der Waals surface area contributed by atoms with E-state index in [9.17, 15) is 4.57 Å². The molecule has 1 fully saturated rings. The van der Waals surface area contributed by atoms with Crippen molar-refractivity contribution in [2.24, 2.45) is 0 Å². The molecular weight excluding hydrogens is 213 g/mol. The number of nitrogens with one attached hydrogen (secondary N) is 1. The largest absolute Gasteiger partial charge is 0.345 e. The lowest BCUT2D eigenvalue weighted by Crippen LogP contribution is -2.29. The van der Waals surface area contributed by atoms with Crippen LogP contribution >= 0.6 is 7.67 Å². The molecule has 1 rings (SSSR count). The molecule has 90 valence electrons. The fourth-order valence-electron chi connectivity index (χ4n) is 1.85. The summed E-state index contributed by atoms with van der Waals surface area (Å²) < 4.78 is 21.6. The monoisotopic (exact) mass is 235 g/mol.